The van der Waals surface area contributed by atoms with Crippen molar-refractivity contribution in [2.45, 2.75) is 56.5 Å². The zero-order valence-electron chi connectivity index (χ0n) is 16.3. The summed E-state index contributed by atoms with van der Waals surface area (Å²) in [5.74, 6) is -0.827. The molecule has 0 aliphatic heterocycles. The molecule has 3 rings (SSSR count). The van der Waals surface area contributed by atoms with Gasteiger partial charge in [-0.05, 0) is 37.8 Å². The van der Waals surface area contributed by atoms with Gasteiger partial charge in [0, 0.05) is 6.04 Å². The van der Waals surface area contributed by atoms with Crippen molar-refractivity contribution in [3.05, 3.63) is 18.2 Å². The lowest BCUT2D eigenvalue weighted by atomic mass is 9.86. The highest BCUT2D eigenvalue weighted by atomic mass is 32.2. The van der Waals surface area contributed by atoms with E-state index in [0.29, 0.717) is 11.4 Å². The van der Waals surface area contributed by atoms with Gasteiger partial charge in [0.1, 0.15) is 22.0 Å². The Morgan fingerprint density at radius 2 is 2.03 bits per heavy atom. The number of esters is 1. The van der Waals surface area contributed by atoms with E-state index in [2.05, 4.69) is 25.7 Å². The summed E-state index contributed by atoms with van der Waals surface area (Å²) in [6.45, 7) is 3.01. The molecule has 0 radical (unpaired) electrons. The summed E-state index contributed by atoms with van der Waals surface area (Å²) in [6, 6.07) is 3.52. The maximum absolute atomic E-state index is 12.6. The van der Waals surface area contributed by atoms with Crippen molar-refractivity contribution in [3.63, 3.8) is 0 Å². The third-order valence-corrected chi connectivity index (χ3v) is 7.14. The molecule has 1 amide bonds. The predicted octanol–water partition coefficient (Wildman–Crippen LogP) is 1.60. The molecule has 0 bridgehead atoms. The lowest BCUT2D eigenvalue weighted by Gasteiger charge is -2.29. The number of carbonyl (C=O) groups excluding carboxylic acids is 2. The van der Waals surface area contributed by atoms with Crippen LogP contribution in [0.4, 0.5) is 0 Å². The number of nitrogens with one attached hydrogen (secondary N) is 2. The first-order chi connectivity index (χ1) is 13.8. The smallest absolute Gasteiger partial charge is 0.324 e. The van der Waals surface area contributed by atoms with Crippen LogP contribution in [0.2, 0.25) is 0 Å². The molecular formula is C18H24N4O5S2. The highest BCUT2D eigenvalue weighted by Crippen LogP contribution is 2.23. The van der Waals surface area contributed by atoms with Gasteiger partial charge in [-0.3, -0.25) is 9.59 Å². The Morgan fingerprint density at radius 1 is 1.28 bits per heavy atom. The van der Waals surface area contributed by atoms with Gasteiger partial charge in [-0.1, -0.05) is 25.8 Å². The van der Waals surface area contributed by atoms with Gasteiger partial charge in [-0.15, -0.1) is 0 Å². The largest absolute Gasteiger partial charge is 0.454 e. The number of sulfonamides is 1. The maximum Gasteiger partial charge on any atom is 0.324 e. The van der Waals surface area contributed by atoms with Crippen molar-refractivity contribution < 1.29 is 22.7 Å². The van der Waals surface area contributed by atoms with Crippen LogP contribution >= 0.6 is 11.7 Å². The topological polar surface area (TPSA) is 127 Å². The lowest BCUT2D eigenvalue weighted by Crippen LogP contribution is -2.44. The van der Waals surface area contributed by atoms with Gasteiger partial charge in [-0.2, -0.15) is 13.5 Å². The number of carbonyl (C=O) groups is 2. The second-order valence-corrected chi connectivity index (χ2v) is 9.49. The van der Waals surface area contributed by atoms with Gasteiger partial charge in [0.05, 0.1) is 11.7 Å². The molecule has 2 N–H and O–H groups in total. The maximum atomic E-state index is 12.6. The number of benzene rings is 1. The Hall–Kier alpha value is -2.11. The zero-order chi connectivity index (χ0) is 21.0. The van der Waals surface area contributed by atoms with E-state index in [1.165, 1.54) is 13.0 Å². The molecule has 1 aromatic carbocycles. The summed E-state index contributed by atoms with van der Waals surface area (Å²) < 4.78 is 40.5. The van der Waals surface area contributed by atoms with E-state index in [1.54, 1.807) is 12.1 Å². The first-order valence-corrected chi connectivity index (χ1v) is 11.7. The van der Waals surface area contributed by atoms with E-state index < -0.39 is 28.6 Å². The Kier molecular flexibility index (Phi) is 6.81. The molecule has 1 aromatic heterocycles. The van der Waals surface area contributed by atoms with E-state index in [-0.39, 0.29) is 22.4 Å². The molecule has 9 nitrogen and oxygen atoms in total. The summed E-state index contributed by atoms with van der Waals surface area (Å²) in [7, 11) is -4.02. The van der Waals surface area contributed by atoms with Crippen molar-refractivity contribution in [1.29, 1.82) is 0 Å². The van der Waals surface area contributed by atoms with Crippen LogP contribution in [0, 0.1) is 5.92 Å². The molecular weight excluding hydrogens is 416 g/mol. The summed E-state index contributed by atoms with van der Waals surface area (Å²) in [5.41, 5.74) is 0.702. The minimum atomic E-state index is -4.02. The van der Waals surface area contributed by atoms with Gasteiger partial charge < -0.3 is 10.1 Å². The van der Waals surface area contributed by atoms with Crippen LogP contribution in [-0.2, 0) is 24.3 Å². The van der Waals surface area contributed by atoms with Crippen molar-refractivity contribution in [2.24, 2.45) is 5.92 Å². The van der Waals surface area contributed by atoms with E-state index in [1.807, 2.05) is 0 Å². The zero-order valence-corrected chi connectivity index (χ0v) is 17.9. The molecule has 0 spiro atoms. The molecule has 29 heavy (non-hydrogen) atoms. The van der Waals surface area contributed by atoms with Gasteiger partial charge in [0.15, 0.2) is 6.61 Å². The number of aromatic nitrogens is 2. The number of rotatable bonds is 7. The monoisotopic (exact) mass is 440 g/mol. The molecule has 1 aliphatic carbocycles. The number of amides is 1. The number of fused-ring (bicyclic) bond motifs is 1. The van der Waals surface area contributed by atoms with Crippen LogP contribution in [0.25, 0.3) is 11.0 Å². The van der Waals surface area contributed by atoms with Crippen LogP contribution in [0.5, 0.6) is 0 Å². The standard InChI is InChI=1S/C18H24N4O5S2/c1-11-6-3-4-7-13(11)19-16(23)10-27-18(24)12(2)22-29(25,26)15-9-5-8-14-17(15)21-28-20-14/h5,8-9,11-13,22H,3-4,6-7,10H2,1-2H3,(H,19,23)/t11-,12-,13-/m0/s1. The van der Waals surface area contributed by atoms with Gasteiger partial charge in [0.2, 0.25) is 10.0 Å². The van der Waals surface area contributed by atoms with Crippen molar-refractivity contribution >= 4 is 44.7 Å². The number of hydrogen-bond donors (Lipinski definition) is 2. The molecule has 1 aliphatic rings. The molecule has 11 heteroatoms. The first-order valence-electron chi connectivity index (χ1n) is 9.47. The van der Waals surface area contributed by atoms with Crippen LogP contribution < -0.4 is 10.0 Å². The van der Waals surface area contributed by atoms with Crippen molar-refractivity contribution in [3.8, 4) is 0 Å². The van der Waals surface area contributed by atoms with Crippen molar-refractivity contribution in [1.82, 2.24) is 18.8 Å². The van der Waals surface area contributed by atoms with Gasteiger partial charge in [-0.25, -0.2) is 8.42 Å². The minimum Gasteiger partial charge on any atom is -0.454 e. The quantitative estimate of drug-likeness (QED) is 0.626. The summed E-state index contributed by atoms with van der Waals surface area (Å²) in [6.07, 6.45) is 4.19. The summed E-state index contributed by atoms with van der Waals surface area (Å²) in [4.78, 5) is 24.2. The average Bonchev–Trinajstić information content (AvgIpc) is 3.16. The average molecular weight is 441 g/mol. The molecule has 158 valence electrons. The fourth-order valence-electron chi connectivity index (χ4n) is 3.38. The van der Waals surface area contributed by atoms with Crippen molar-refractivity contribution in [2.75, 3.05) is 6.61 Å². The number of nitrogens with zero attached hydrogens (tertiary/aromatic N) is 2. The molecule has 3 atom stereocenters. The van der Waals surface area contributed by atoms with E-state index in [4.69, 9.17) is 4.74 Å². The third-order valence-electron chi connectivity index (χ3n) is 5.03. The normalized spacial score (nSPS) is 20.9. The summed E-state index contributed by atoms with van der Waals surface area (Å²) >= 11 is 0.906. The SMILES string of the molecule is C[C@H](NS(=O)(=O)c1cccc2nsnc12)C(=O)OCC(=O)N[C@H]1CCCC[C@@H]1C. The molecule has 0 saturated heterocycles. The molecule has 1 saturated carbocycles. The fraction of sp³-hybridized carbons (Fsp3) is 0.556. The van der Waals surface area contributed by atoms with Crippen LogP contribution in [0.3, 0.4) is 0 Å². The highest BCUT2D eigenvalue weighted by molar-refractivity contribution is 7.89. The number of hydrogen-bond acceptors (Lipinski definition) is 8. The van der Waals surface area contributed by atoms with E-state index in [9.17, 15) is 18.0 Å². The second-order valence-electron chi connectivity index (χ2n) is 7.27. The predicted molar refractivity (Wildman–Crippen MR) is 108 cm³/mol. The Morgan fingerprint density at radius 3 is 2.79 bits per heavy atom. The second kappa shape index (κ2) is 9.14. The lowest BCUT2D eigenvalue weighted by molar-refractivity contribution is -0.150. The Bertz CT molecular complexity index is 991. The Labute approximate surface area is 173 Å². The van der Waals surface area contributed by atoms with E-state index in [0.717, 1.165) is 37.4 Å². The summed E-state index contributed by atoms with van der Waals surface area (Å²) in [5, 5.41) is 2.89. The molecule has 1 fully saturated rings. The first kappa shape index (κ1) is 21.6. The van der Waals surface area contributed by atoms with Gasteiger partial charge >= 0.3 is 5.97 Å². The third kappa shape index (κ3) is 5.28. The van der Waals surface area contributed by atoms with Crippen LogP contribution in [0.15, 0.2) is 23.1 Å². The van der Waals surface area contributed by atoms with E-state index >= 15 is 0 Å². The fourth-order valence-corrected chi connectivity index (χ4v) is 5.34. The molecule has 2 aromatic rings. The van der Waals surface area contributed by atoms with Gasteiger partial charge in [0.25, 0.3) is 5.91 Å². The van der Waals surface area contributed by atoms with Crippen LogP contribution in [0.1, 0.15) is 39.5 Å². The molecule has 0 unspecified atom stereocenters. The van der Waals surface area contributed by atoms with Crippen LogP contribution in [-0.4, -0.2) is 47.7 Å². The highest BCUT2D eigenvalue weighted by Gasteiger charge is 2.27. The minimum absolute atomic E-state index is 0.0626. The number of ether oxygens (including phenoxy) is 1. The molecule has 1 heterocycles. The Balaban J connectivity index is 1.54.